The fourth-order valence-corrected chi connectivity index (χ4v) is 5.42. The summed E-state index contributed by atoms with van der Waals surface area (Å²) in [6.07, 6.45) is 18.3. The minimum atomic E-state index is 0.458. The summed E-state index contributed by atoms with van der Waals surface area (Å²) in [5, 5.41) is 9.19. The van der Waals surface area contributed by atoms with Crippen molar-refractivity contribution in [3.05, 3.63) is 121 Å². The van der Waals surface area contributed by atoms with Gasteiger partial charge in [-0.1, -0.05) is 66.8 Å². The number of fused-ring (bicyclic) bond motifs is 4. The summed E-state index contributed by atoms with van der Waals surface area (Å²) in [5.74, 6) is 0. The lowest BCUT2D eigenvalue weighted by atomic mass is 9.89. The van der Waals surface area contributed by atoms with E-state index in [4.69, 9.17) is 0 Å². The normalized spacial score (nSPS) is 17.5. The Labute approximate surface area is 209 Å². The Morgan fingerprint density at radius 2 is 1.77 bits per heavy atom. The first-order chi connectivity index (χ1) is 17.1. The van der Waals surface area contributed by atoms with Crippen LogP contribution in [-0.4, -0.2) is 11.0 Å². The molecule has 2 heteroatoms. The first kappa shape index (κ1) is 23.4. The lowest BCUT2D eigenvalue weighted by Crippen LogP contribution is -2.25. The molecule has 1 aliphatic heterocycles. The van der Waals surface area contributed by atoms with E-state index in [1.54, 1.807) is 11.1 Å². The zero-order chi connectivity index (χ0) is 24.2. The molecule has 178 valence electrons. The fourth-order valence-electron chi connectivity index (χ4n) is 5.42. The van der Waals surface area contributed by atoms with Gasteiger partial charge in [-0.15, -0.1) is 0 Å². The van der Waals surface area contributed by atoms with Crippen LogP contribution in [0.3, 0.4) is 0 Å². The van der Waals surface area contributed by atoms with Crippen molar-refractivity contribution in [1.82, 2.24) is 10.3 Å². The van der Waals surface area contributed by atoms with E-state index < -0.39 is 0 Å². The minimum absolute atomic E-state index is 0.458. The number of pyridine rings is 1. The molecule has 3 aromatic rings. The lowest BCUT2D eigenvalue weighted by molar-refractivity contribution is 0.698. The van der Waals surface area contributed by atoms with Crippen molar-refractivity contribution < 1.29 is 0 Å². The van der Waals surface area contributed by atoms with Gasteiger partial charge in [-0.3, -0.25) is 4.98 Å². The Balaban J connectivity index is 0.000000145. The number of allylic oxidation sites excluding steroid dienone is 3. The standard InChI is InChI=1S/C18H16.C15H20N2/c1-3-7-15-13(5-1)9-11-18-16-8-4-2-6-14(16)10-12-17(15)18;1-11-4-6-14(10-16-11)7-9-15-8-5-12(2)17-13(15)3/h1,3,5-7,9-10,12H,2,4,8,11H2;4-6,8,10,12,17H,7,9H2,1-3H3. The Kier molecular flexibility index (Phi) is 6.99. The number of aryl methyl sites for hydroxylation is 2. The van der Waals surface area contributed by atoms with Gasteiger partial charge in [0.1, 0.15) is 0 Å². The van der Waals surface area contributed by atoms with Crippen molar-refractivity contribution in [2.45, 2.75) is 65.3 Å². The van der Waals surface area contributed by atoms with E-state index in [0.29, 0.717) is 6.04 Å². The number of dihydropyridines is 1. The van der Waals surface area contributed by atoms with Gasteiger partial charge in [0.25, 0.3) is 0 Å². The summed E-state index contributed by atoms with van der Waals surface area (Å²) in [4.78, 5) is 4.32. The number of nitrogens with zero attached hydrogens (tertiary/aromatic N) is 1. The predicted octanol–water partition coefficient (Wildman–Crippen LogP) is 5.57. The zero-order valence-corrected chi connectivity index (χ0v) is 21.3. The quantitative estimate of drug-likeness (QED) is 0.553. The van der Waals surface area contributed by atoms with Crippen LogP contribution in [0.1, 0.15) is 55.5 Å². The van der Waals surface area contributed by atoms with Gasteiger partial charge in [0.2, 0.25) is 0 Å². The summed E-state index contributed by atoms with van der Waals surface area (Å²) in [5.41, 5.74) is 8.27. The smallest absolute Gasteiger partial charge is 0.0416 e. The SMILES string of the molecule is C1=c2ccc3c(c2CCC1)CC=c1ccccc1=3.CC1=C(CCc2ccc(C)nc2)C=CC(C)N1. The Morgan fingerprint density at radius 1 is 0.886 bits per heavy atom. The van der Waals surface area contributed by atoms with Crippen molar-refractivity contribution >= 4 is 12.2 Å². The Bertz CT molecular complexity index is 1490. The van der Waals surface area contributed by atoms with Crippen molar-refractivity contribution in [2.24, 2.45) is 0 Å². The number of rotatable bonds is 3. The van der Waals surface area contributed by atoms with Gasteiger partial charge in [0, 0.05) is 23.6 Å². The van der Waals surface area contributed by atoms with Crippen molar-refractivity contribution in [2.75, 3.05) is 0 Å². The number of hydrogen-bond acceptors (Lipinski definition) is 2. The molecule has 0 spiro atoms. The van der Waals surface area contributed by atoms with Gasteiger partial charge in [-0.05, 0) is 109 Å². The molecule has 1 aromatic heterocycles. The van der Waals surface area contributed by atoms with Crippen LogP contribution >= 0.6 is 0 Å². The highest BCUT2D eigenvalue weighted by Gasteiger charge is 2.11. The molecular formula is C33H36N2. The maximum absolute atomic E-state index is 4.32. The van der Waals surface area contributed by atoms with Crippen molar-refractivity contribution in [3.8, 4) is 0 Å². The van der Waals surface area contributed by atoms with Gasteiger partial charge in [-0.2, -0.15) is 0 Å². The lowest BCUT2D eigenvalue weighted by Gasteiger charge is -2.20. The molecule has 3 aliphatic rings. The van der Waals surface area contributed by atoms with Crippen molar-refractivity contribution in [1.29, 1.82) is 0 Å². The van der Waals surface area contributed by atoms with Crippen LogP contribution in [0.4, 0.5) is 0 Å². The number of hydrogen-bond donors (Lipinski definition) is 1. The van der Waals surface area contributed by atoms with Gasteiger partial charge in [-0.25, -0.2) is 0 Å². The van der Waals surface area contributed by atoms with Crippen LogP contribution in [0.15, 0.2) is 78.1 Å². The minimum Gasteiger partial charge on any atom is -0.382 e. The second-order valence-corrected chi connectivity index (χ2v) is 10.0. The van der Waals surface area contributed by atoms with Gasteiger partial charge < -0.3 is 5.32 Å². The molecule has 6 rings (SSSR count). The second-order valence-electron chi connectivity index (χ2n) is 10.0. The van der Waals surface area contributed by atoms with Crippen LogP contribution in [0, 0.1) is 17.4 Å². The van der Waals surface area contributed by atoms with Crippen LogP contribution in [-0.2, 0) is 19.3 Å². The van der Waals surface area contributed by atoms with Crippen LogP contribution in [0.25, 0.3) is 12.2 Å². The third-order valence-corrected chi connectivity index (χ3v) is 7.41. The molecule has 0 radical (unpaired) electrons. The number of benzene rings is 2. The van der Waals surface area contributed by atoms with E-state index in [-0.39, 0.29) is 0 Å². The molecule has 2 aliphatic carbocycles. The molecule has 0 saturated heterocycles. The van der Waals surface area contributed by atoms with E-state index in [9.17, 15) is 0 Å². The third-order valence-electron chi connectivity index (χ3n) is 7.41. The Morgan fingerprint density at radius 3 is 2.60 bits per heavy atom. The van der Waals surface area contributed by atoms with Crippen LogP contribution in [0.2, 0.25) is 0 Å². The molecule has 0 bridgehead atoms. The molecule has 0 saturated carbocycles. The predicted molar refractivity (Wildman–Crippen MR) is 147 cm³/mol. The Hall–Kier alpha value is -3.39. The van der Waals surface area contributed by atoms with Gasteiger partial charge in [0.15, 0.2) is 0 Å². The highest BCUT2D eigenvalue weighted by Crippen LogP contribution is 2.18. The zero-order valence-electron chi connectivity index (χ0n) is 21.3. The maximum atomic E-state index is 4.32. The first-order valence-electron chi connectivity index (χ1n) is 13.0. The topological polar surface area (TPSA) is 24.9 Å². The second kappa shape index (κ2) is 10.5. The van der Waals surface area contributed by atoms with E-state index in [1.807, 2.05) is 13.1 Å². The highest BCUT2D eigenvalue weighted by atomic mass is 14.9. The first-order valence-corrected chi connectivity index (χ1v) is 13.0. The molecule has 2 nitrogen and oxygen atoms in total. The van der Waals surface area contributed by atoms with E-state index in [1.165, 1.54) is 57.0 Å². The average molecular weight is 461 g/mol. The average Bonchev–Trinajstić information content (AvgIpc) is 2.89. The molecule has 2 heterocycles. The van der Waals surface area contributed by atoms with Gasteiger partial charge >= 0.3 is 0 Å². The molecule has 0 amide bonds. The van der Waals surface area contributed by atoms with E-state index in [0.717, 1.165) is 25.0 Å². The third kappa shape index (κ3) is 5.32. The number of nitrogens with one attached hydrogen (secondary N) is 1. The summed E-state index contributed by atoms with van der Waals surface area (Å²) < 4.78 is 0. The van der Waals surface area contributed by atoms with Gasteiger partial charge in [0.05, 0.1) is 0 Å². The van der Waals surface area contributed by atoms with Crippen LogP contribution in [0.5, 0.6) is 0 Å². The monoisotopic (exact) mass is 460 g/mol. The maximum Gasteiger partial charge on any atom is 0.0416 e. The largest absolute Gasteiger partial charge is 0.382 e. The van der Waals surface area contributed by atoms with E-state index >= 15 is 0 Å². The molecule has 2 aromatic carbocycles. The molecule has 1 unspecified atom stereocenters. The molecular weight excluding hydrogens is 424 g/mol. The van der Waals surface area contributed by atoms with E-state index in [2.05, 4.69) is 97.0 Å². The summed E-state index contributed by atoms with van der Waals surface area (Å²) >= 11 is 0. The summed E-state index contributed by atoms with van der Waals surface area (Å²) in [6, 6.07) is 18.1. The number of aromatic nitrogens is 1. The fraction of sp³-hybridized carbons (Fsp3) is 0.303. The van der Waals surface area contributed by atoms with Crippen molar-refractivity contribution in [3.63, 3.8) is 0 Å². The molecule has 1 atom stereocenters. The molecule has 0 fully saturated rings. The summed E-state index contributed by atoms with van der Waals surface area (Å²) in [6.45, 7) is 6.34. The van der Waals surface area contributed by atoms with Crippen LogP contribution < -0.4 is 15.8 Å². The summed E-state index contributed by atoms with van der Waals surface area (Å²) in [7, 11) is 0. The molecule has 1 N–H and O–H groups in total. The highest BCUT2D eigenvalue weighted by molar-refractivity contribution is 5.47. The molecule has 35 heavy (non-hydrogen) atoms.